The SMILES string of the molecule is CCOC(=O)[C@H]1C(=O)C=C(C)[C@@H]1CC(=O)SCC. The molecule has 0 amide bonds. The first-order valence-electron chi connectivity index (χ1n) is 6.05. The molecule has 100 valence electrons. The molecule has 1 rings (SSSR count). The molecular formula is C13H18O4S. The Morgan fingerprint density at radius 1 is 1.39 bits per heavy atom. The van der Waals surface area contributed by atoms with Gasteiger partial charge in [-0.3, -0.25) is 14.4 Å². The van der Waals surface area contributed by atoms with Gasteiger partial charge in [-0.1, -0.05) is 24.3 Å². The van der Waals surface area contributed by atoms with Crippen LogP contribution in [-0.4, -0.2) is 29.2 Å². The first-order chi connectivity index (χ1) is 8.51. The fraction of sp³-hybridized carbons (Fsp3) is 0.615. The number of ether oxygens (including phenoxy) is 1. The van der Waals surface area contributed by atoms with E-state index in [0.29, 0.717) is 5.75 Å². The standard InChI is InChI=1S/C13H18O4S/c1-4-17-13(16)12-9(7-11(15)18-5-2)8(3)6-10(12)14/h6,9,12H,4-5,7H2,1-3H3/t9-,12+/m0/s1. The highest BCUT2D eigenvalue weighted by Gasteiger charge is 2.41. The molecule has 1 aliphatic carbocycles. The number of hydrogen-bond donors (Lipinski definition) is 0. The maximum atomic E-state index is 11.8. The molecule has 0 aromatic heterocycles. The van der Waals surface area contributed by atoms with E-state index in [1.165, 1.54) is 17.8 Å². The summed E-state index contributed by atoms with van der Waals surface area (Å²) < 4.78 is 4.91. The molecule has 0 heterocycles. The summed E-state index contributed by atoms with van der Waals surface area (Å²) in [5.41, 5.74) is 0.795. The minimum Gasteiger partial charge on any atom is -0.465 e. The van der Waals surface area contributed by atoms with E-state index in [1.807, 2.05) is 6.92 Å². The molecule has 0 N–H and O–H groups in total. The molecule has 0 unspecified atom stereocenters. The van der Waals surface area contributed by atoms with Gasteiger partial charge in [-0.15, -0.1) is 0 Å². The van der Waals surface area contributed by atoms with Crippen LogP contribution in [0.5, 0.6) is 0 Å². The van der Waals surface area contributed by atoms with Crippen LogP contribution < -0.4 is 0 Å². The normalized spacial score (nSPS) is 22.8. The number of esters is 1. The highest BCUT2D eigenvalue weighted by Crippen LogP contribution is 2.34. The molecule has 1 aliphatic rings. The predicted octanol–water partition coefficient (Wildman–Crippen LogP) is 1.98. The molecular weight excluding hydrogens is 252 g/mol. The fourth-order valence-electron chi connectivity index (χ4n) is 2.07. The third-order valence-corrected chi connectivity index (χ3v) is 3.67. The average molecular weight is 270 g/mol. The molecule has 0 aliphatic heterocycles. The van der Waals surface area contributed by atoms with Gasteiger partial charge in [0.2, 0.25) is 0 Å². The predicted molar refractivity (Wildman–Crippen MR) is 70.1 cm³/mol. The molecule has 0 bridgehead atoms. The van der Waals surface area contributed by atoms with Gasteiger partial charge in [0.25, 0.3) is 0 Å². The summed E-state index contributed by atoms with van der Waals surface area (Å²) in [6.45, 7) is 5.62. The molecule has 0 spiro atoms. The minimum absolute atomic E-state index is 0.0132. The second kappa shape index (κ2) is 6.73. The third kappa shape index (κ3) is 3.45. The number of thioether (sulfide) groups is 1. The third-order valence-electron chi connectivity index (χ3n) is 2.90. The van der Waals surface area contributed by atoms with Crippen molar-refractivity contribution in [1.29, 1.82) is 0 Å². The van der Waals surface area contributed by atoms with Crippen LogP contribution in [0.15, 0.2) is 11.6 Å². The van der Waals surface area contributed by atoms with Crippen LogP contribution in [0, 0.1) is 11.8 Å². The highest BCUT2D eigenvalue weighted by molar-refractivity contribution is 8.13. The summed E-state index contributed by atoms with van der Waals surface area (Å²) in [5.74, 6) is -1.22. The van der Waals surface area contributed by atoms with E-state index < -0.39 is 11.9 Å². The zero-order valence-electron chi connectivity index (χ0n) is 10.9. The number of carbonyl (C=O) groups excluding carboxylic acids is 3. The summed E-state index contributed by atoms with van der Waals surface area (Å²) in [4.78, 5) is 35.2. The molecule has 18 heavy (non-hydrogen) atoms. The maximum Gasteiger partial charge on any atom is 0.317 e. The van der Waals surface area contributed by atoms with Gasteiger partial charge in [0.1, 0.15) is 5.92 Å². The van der Waals surface area contributed by atoms with Crippen molar-refractivity contribution in [2.45, 2.75) is 27.2 Å². The lowest BCUT2D eigenvalue weighted by Crippen LogP contribution is -2.29. The quantitative estimate of drug-likeness (QED) is 0.564. The second-order valence-corrected chi connectivity index (χ2v) is 5.46. The summed E-state index contributed by atoms with van der Waals surface area (Å²) in [5, 5.41) is 0.0132. The smallest absolute Gasteiger partial charge is 0.317 e. The molecule has 0 radical (unpaired) electrons. The van der Waals surface area contributed by atoms with Crippen molar-refractivity contribution >= 4 is 28.6 Å². The van der Waals surface area contributed by atoms with Crippen molar-refractivity contribution in [2.75, 3.05) is 12.4 Å². The summed E-state index contributed by atoms with van der Waals surface area (Å²) in [6.07, 6.45) is 1.67. The van der Waals surface area contributed by atoms with E-state index in [1.54, 1.807) is 13.8 Å². The van der Waals surface area contributed by atoms with E-state index in [-0.39, 0.29) is 29.8 Å². The van der Waals surface area contributed by atoms with Crippen molar-refractivity contribution in [1.82, 2.24) is 0 Å². The van der Waals surface area contributed by atoms with Gasteiger partial charge in [-0.25, -0.2) is 0 Å². The number of rotatable bonds is 5. The van der Waals surface area contributed by atoms with Crippen LogP contribution in [0.3, 0.4) is 0 Å². The van der Waals surface area contributed by atoms with Crippen molar-refractivity contribution < 1.29 is 19.1 Å². The monoisotopic (exact) mass is 270 g/mol. The first-order valence-corrected chi connectivity index (χ1v) is 7.04. The number of hydrogen-bond acceptors (Lipinski definition) is 5. The van der Waals surface area contributed by atoms with Crippen LogP contribution in [0.1, 0.15) is 27.2 Å². The lowest BCUT2D eigenvalue weighted by atomic mass is 9.89. The molecule has 0 aromatic rings. The lowest BCUT2D eigenvalue weighted by Gasteiger charge is -2.18. The molecule has 2 atom stereocenters. The Kier molecular flexibility index (Phi) is 5.59. The van der Waals surface area contributed by atoms with Crippen molar-refractivity contribution in [2.24, 2.45) is 11.8 Å². The molecule has 4 nitrogen and oxygen atoms in total. The first kappa shape index (κ1) is 15.0. The van der Waals surface area contributed by atoms with Crippen LogP contribution >= 0.6 is 11.8 Å². The average Bonchev–Trinajstić information content (AvgIpc) is 2.54. The van der Waals surface area contributed by atoms with Crippen LogP contribution in [0.2, 0.25) is 0 Å². The zero-order valence-corrected chi connectivity index (χ0v) is 11.7. The minimum atomic E-state index is -0.827. The van der Waals surface area contributed by atoms with Crippen LogP contribution in [-0.2, 0) is 19.1 Å². The summed E-state index contributed by atoms with van der Waals surface area (Å²) in [7, 11) is 0. The number of carbonyl (C=O) groups is 3. The molecule has 0 fully saturated rings. The molecule has 0 aromatic carbocycles. The van der Waals surface area contributed by atoms with E-state index in [2.05, 4.69) is 0 Å². The van der Waals surface area contributed by atoms with Gasteiger partial charge in [0.05, 0.1) is 6.61 Å². The highest BCUT2D eigenvalue weighted by atomic mass is 32.2. The lowest BCUT2D eigenvalue weighted by molar-refractivity contribution is -0.151. The zero-order chi connectivity index (χ0) is 13.7. The van der Waals surface area contributed by atoms with E-state index >= 15 is 0 Å². The second-order valence-electron chi connectivity index (χ2n) is 4.14. The largest absolute Gasteiger partial charge is 0.465 e. The van der Waals surface area contributed by atoms with Gasteiger partial charge in [-0.05, 0) is 25.7 Å². The van der Waals surface area contributed by atoms with E-state index in [0.717, 1.165) is 5.57 Å². The van der Waals surface area contributed by atoms with Crippen molar-refractivity contribution in [3.63, 3.8) is 0 Å². The Hall–Kier alpha value is -1.10. The van der Waals surface area contributed by atoms with E-state index in [4.69, 9.17) is 4.74 Å². The van der Waals surface area contributed by atoms with Gasteiger partial charge in [0, 0.05) is 12.3 Å². The topological polar surface area (TPSA) is 60.4 Å². The number of ketones is 1. The Labute approximate surface area is 111 Å². The Morgan fingerprint density at radius 2 is 2.06 bits per heavy atom. The van der Waals surface area contributed by atoms with Crippen molar-refractivity contribution in [3.05, 3.63) is 11.6 Å². The summed E-state index contributed by atoms with van der Waals surface area (Å²) in [6, 6.07) is 0. The van der Waals surface area contributed by atoms with Gasteiger partial charge < -0.3 is 4.74 Å². The van der Waals surface area contributed by atoms with Gasteiger partial charge in [0.15, 0.2) is 10.9 Å². The van der Waals surface area contributed by atoms with Gasteiger partial charge >= 0.3 is 5.97 Å². The van der Waals surface area contributed by atoms with E-state index in [9.17, 15) is 14.4 Å². The summed E-state index contributed by atoms with van der Waals surface area (Å²) >= 11 is 1.22. The Balaban J connectivity index is 2.78. The molecule has 5 heteroatoms. The molecule has 0 saturated heterocycles. The van der Waals surface area contributed by atoms with Crippen molar-refractivity contribution in [3.8, 4) is 0 Å². The molecule has 0 saturated carbocycles. The maximum absolute atomic E-state index is 11.8. The Morgan fingerprint density at radius 3 is 2.61 bits per heavy atom. The van der Waals surface area contributed by atoms with Crippen LogP contribution in [0.4, 0.5) is 0 Å². The number of allylic oxidation sites excluding steroid dienone is 2. The fourth-order valence-corrected chi connectivity index (χ4v) is 2.69. The Bertz CT molecular complexity index is 386. The van der Waals surface area contributed by atoms with Gasteiger partial charge in [-0.2, -0.15) is 0 Å². The van der Waals surface area contributed by atoms with Crippen LogP contribution in [0.25, 0.3) is 0 Å².